The number of hydrogen-bond donors (Lipinski definition) is 2. The highest BCUT2D eigenvalue weighted by Crippen LogP contribution is 2.33. The molecule has 1 aromatic rings. The Balaban J connectivity index is 3.00. The fraction of sp³-hybridized carbons (Fsp3) is 0.500. The summed E-state index contributed by atoms with van der Waals surface area (Å²) in [5, 5.41) is 18.6. The van der Waals surface area contributed by atoms with Gasteiger partial charge in [0.05, 0.1) is 0 Å². The van der Waals surface area contributed by atoms with Gasteiger partial charge in [0.1, 0.15) is 0 Å². The van der Waals surface area contributed by atoms with Crippen LogP contribution in [0.25, 0.3) is 0 Å². The van der Waals surface area contributed by atoms with E-state index in [4.69, 9.17) is 0 Å². The van der Waals surface area contributed by atoms with Crippen LogP contribution in [0.5, 0.6) is 11.5 Å². The summed E-state index contributed by atoms with van der Waals surface area (Å²) >= 11 is 0. The molecule has 1 unspecified atom stereocenters. The second kappa shape index (κ2) is 4.36. The molecule has 0 saturated heterocycles. The van der Waals surface area contributed by atoms with Gasteiger partial charge in [-0.3, -0.25) is 0 Å². The first kappa shape index (κ1) is 10.9. The first-order valence-corrected chi connectivity index (χ1v) is 5.08. The summed E-state index contributed by atoms with van der Waals surface area (Å²) in [5.74, 6) is 0.916. The lowest BCUT2D eigenvalue weighted by Gasteiger charge is -2.19. The summed E-state index contributed by atoms with van der Waals surface area (Å²) in [6, 6.07) is 5.09. The third-order valence-corrected chi connectivity index (χ3v) is 2.67. The second-order valence-electron chi connectivity index (χ2n) is 4.01. The van der Waals surface area contributed by atoms with Gasteiger partial charge in [0.2, 0.25) is 0 Å². The summed E-state index contributed by atoms with van der Waals surface area (Å²) in [6.07, 6.45) is 1.04. The fourth-order valence-electron chi connectivity index (χ4n) is 1.86. The predicted molar refractivity (Wildman–Crippen MR) is 57.6 cm³/mol. The van der Waals surface area contributed by atoms with Gasteiger partial charge in [-0.05, 0) is 36.0 Å². The molecule has 78 valence electrons. The van der Waals surface area contributed by atoms with Crippen LogP contribution in [0.15, 0.2) is 18.2 Å². The van der Waals surface area contributed by atoms with E-state index in [2.05, 4.69) is 20.8 Å². The van der Waals surface area contributed by atoms with Crippen LogP contribution in [0.2, 0.25) is 0 Å². The van der Waals surface area contributed by atoms with Gasteiger partial charge in [0.25, 0.3) is 0 Å². The van der Waals surface area contributed by atoms with Crippen molar-refractivity contribution >= 4 is 0 Å². The van der Waals surface area contributed by atoms with Gasteiger partial charge in [0, 0.05) is 0 Å². The van der Waals surface area contributed by atoms with E-state index in [0.29, 0.717) is 11.8 Å². The molecule has 0 aliphatic heterocycles. The molecule has 1 atom stereocenters. The second-order valence-corrected chi connectivity index (χ2v) is 4.01. The van der Waals surface area contributed by atoms with Gasteiger partial charge < -0.3 is 10.2 Å². The Hall–Kier alpha value is -1.18. The van der Waals surface area contributed by atoms with E-state index in [9.17, 15) is 10.2 Å². The monoisotopic (exact) mass is 194 g/mol. The maximum absolute atomic E-state index is 9.38. The van der Waals surface area contributed by atoms with Crippen LogP contribution < -0.4 is 0 Å². The van der Waals surface area contributed by atoms with Crippen LogP contribution in [-0.2, 0) is 0 Å². The van der Waals surface area contributed by atoms with E-state index in [-0.39, 0.29) is 11.5 Å². The summed E-state index contributed by atoms with van der Waals surface area (Å²) < 4.78 is 0. The van der Waals surface area contributed by atoms with Crippen molar-refractivity contribution in [1.29, 1.82) is 0 Å². The molecule has 2 heteroatoms. The molecule has 0 saturated carbocycles. The molecular weight excluding hydrogens is 176 g/mol. The van der Waals surface area contributed by atoms with E-state index >= 15 is 0 Å². The Bertz CT molecular complexity index is 305. The Morgan fingerprint density at radius 3 is 2.21 bits per heavy atom. The third-order valence-electron chi connectivity index (χ3n) is 2.67. The van der Waals surface area contributed by atoms with Crippen molar-refractivity contribution in [3.63, 3.8) is 0 Å². The molecule has 0 heterocycles. The van der Waals surface area contributed by atoms with E-state index in [0.717, 1.165) is 12.0 Å². The first-order chi connectivity index (χ1) is 6.56. The van der Waals surface area contributed by atoms with Gasteiger partial charge in [-0.2, -0.15) is 0 Å². The molecule has 2 nitrogen and oxygen atoms in total. The van der Waals surface area contributed by atoms with Gasteiger partial charge in [-0.15, -0.1) is 0 Å². The third kappa shape index (κ3) is 2.19. The molecule has 14 heavy (non-hydrogen) atoms. The van der Waals surface area contributed by atoms with Crippen LogP contribution in [-0.4, -0.2) is 10.2 Å². The van der Waals surface area contributed by atoms with Crippen LogP contribution in [0.1, 0.15) is 38.7 Å². The van der Waals surface area contributed by atoms with E-state index in [1.54, 1.807) is 12.1 Å². The minimum absolute atomic E-state index is 0.0263. The minimum atomic E-state index is -0.0487. The first-order valence-electron chi connectivity index (χ1n) is 5.08. The molecule has 0 radical (unpaired) electrons. The van der Waals surface area contributed by atoms with Gasteiger partial charge in [0.15, 0.2) is 11.5 Å². The van der Waals surface area contributed by atoms with E-state index < -0.39 is 0 Å². The van der Waals surface area contributed by atoms with Crippen molar-refractivity contribution in [2.45, 2.75) is 33.1 Å². The highest BCUT2D eigenvalue weighted by molar-refractivity contribution is 5.41. The lowest BCUT2D eigenvalue weighted by Crippen LogP contribution is -2.04. The van der Waals surface area contributed by atoms with Crippen LogP contribution in [0.4, 0.5) is 0 Å². The number of benzene rings is 1. The number of phenols is 2. The van der Waals surface area contributed by atoms with Gasteiger partial charge in [-0.25, -0.2) is 0 Å². The van der Waals surface area contributed by atoms with Gasteiger partial charge >= 0.3 is 0 Å². The van der Waals surface area contributed by atoms with Crippen molar-refractivity contribution in [1.82, 2.24) is 0 Å². The fourth-order valence-corrected chi connectivity index (χ4v) is 1.86. The average Bonchev–Trinajstić information content (AvgIpc) is 2.11. The molecule has 0 aliphatic rings. The maximum atomic E-state index is 9.38. The summed E-state index contributed by atoms with van der Waals surface area (Å²) in [4.78, 5) is 0. The van der Waals surface area contributed by atoms with Crippen molar-refractivity contribution in [2.75, 3.05) is 0 Å². The van der Waals surface area contributed by atoms with Gasteiger partial charge in [-0.1, -0.05) is 26.8 Å². The Kier molecular flexibility index (Phi) is 3.39. The standard InChI is InChI=1S/C12H18O2/c1-4-10(8(2)3)9-5-6-11(13)12(14)7-9/h5-8,10,13-14H,4H2,1-3H3. The number of hydrogen-bond acceptors (Lipinski definition) is 2. The molecular formula is C12H18O2. The summed E-state index contributed by atoms with van der Waals surface area (Å²) in [5.41, 5.74) is 1.10. The SMILES string of the molecule is CCC(c1ccc(O)c(O)c1)C(C)C. The zero-order valence-corrected chi connectivity index (χ0v) is 8.99. The Morgan fingerprint density at radius 2 is 1.79 bits per heavy atom. The average molecular weight is 194 g/mol. The normalized spacial score (nSPS) is 13.1. The van der Waals surface area contributed by atoms with Crippen molar-refractivity contribution in [3.8, 4) is 11.5 Å². The predicted octanol–water partition coefficient (Wildman–Crippen LogP) is 3.25. The van der Waals surface area contributed by atoms with Crippen molar-refractivity contribution in [2.24, 2.45) is 5.92 Å². The smallest absolute Gasteiger partial charge is 0.157 e. The molecule has 0 spiro atoms. The van der Waals surface area contributed by atoms with Crippen molar-refractivity contribution in [3.05, 3.63) is 23.8 Å². The largest absolute Gasteiger partial charge is 0.504 e. The van der Waals surface area contributed by atoms with E-state index in [1.165, 1.54) is 0 Å². The highest BCUT2D eigenvalue weighted by Gasteiger charge is 2.14. The molecule has 0 bridgehead atoms. The Morgan fingerprint density at radius 1 is 1.14 bits per heavy atom. The molecule has 1 rings (SSSR count). The van der Waals surface area contributed by atoms with Crippen LogP contribution in [0, 0.1) is 5.92 Å². The maximum Gasteiger partial charge on any atom is 0.157 e. The number of phenolic OH excluding ortho intramolecular Hbond substituents is 2. The molecule has 1 aromatic carbocycles. The summed E-state index contributed by atoms with van der Waals surface area (Å²) in [6.45, 7) is 6.46. The number of rotatable bonds is 3. The van der Waals surface area contributed by atoms with E-state index in [1.807, 2.05) is 6.07 Å². The summed E-state index contributed by atoms with van der Waals surface area (Å²) in [7, 11) is 0. The van der Waals surface area contributed by atoms with Crippen LogP contribution in [0.3, 0.4) is 0 Å². The number of aromatic hydroxyl groups is 2. The van der Waals surface area contributed by atoms with Crippen LogP contribution >= 0.6 is 0 Å². The Labute approximate surface area is 85.2 Å². The minimum Gasteiger partial charge on any atom is -0.504 e. The molecule has 0 amide bonds. The van der Waals surface area contributed by atoms with Crippen molar-refractivity contribution < 1.29 is 10.2 Å². The molecule has 0 aromatic heterocycles. The lowest BCUT2D eigenvalue weighted by molar-refractivity contribution is 0.400. The highest BCUT2D eigenvalue weighted by atomic mass is 16.3. The molecule has 2 N–H and O–H groups in total. The molecule has 0 fully saturated rings. The lowest BCUT2D eigenvalue weighted by atomic mass is 9.86. The molecule has 0 aliphatic carbocycles. The topological polar surface area (TPSA) is 40.5 Å². The zero-order chi connectivity index (χ0) is 10.7. The quantitative estimate of drug-likeness (QED) is 0.725. The zero-order valence-electron chi connectivity index (χ0n) is 8.99.